The summed E-state index contributed by atoms with van der Waals surface area (Å²) in [6.45, 7) is 0.499. The highest BCUT2D eigenvalue weighted by atomic mass is 16.5. The number of carbonyl (C=O) groups excluding carboxylic acids is 2. The highest BCUT2D eigenvalue weighted by molar-refractivity contribution is 5.90. The fraction of sp³-hybridized carbons (Fsp3) is 0.381. The van der Waals surface area contributed by atoms with Gasteiger partial charge >= 0.3 is 0 Å². The summed E-state index contributed by atoms with van der Waals surface area (Å²) >= 11 is 0. The number of amides is 2. The molecule has 7 heteroatoms. The summed E-state index contributed by atoms with van der Waals surface area (Å²) in [4.78, 5) is 30.9. The molecule has 28 heavy (non-hydrogen) atoms. The maximum atomic E-state index is 12.9. The lowest BCUT2D eigenvalue weighted by molar-refractivity contribution is -0.128. The largest absolute Gasteiger partial charge is 0.493 e. The van der Waals surface area contributed by atoms with Crippen molar-refractivity contribution in [3.05, 3.63) is 53.9 Å². The predicted molar refractivity (Wildman–Crippen MR) is 104 cm³/mol. The Morgan fingerprint density at radius 1 is 1.21 bits per heavy atom. The summed E-state index contributed by atoms with van der Waals surface area (Å²) in [5.41, 5.74) is 1.87. The number of carbonyl (C=O) groups is 2. The third-order valence-corrected chi connectivity index (χ3v) is 5.14. The Morgan fingerprint density at radius 2 is 1.96 bits per heavy atom. The van der Waals surface area contributed by atoms with Gasteiger partial charge in [-0.2, -0.15) is 0 Å². The highest BCUT2D eigenvalue weighted by Gasteiger charge is 2.44. The van der Waals surface area contributed by atoms with E-state index >= 15 is 0 Å². The molecule has 1 fully saturated rings. The molecule has 2 aromatic rings. The van der Waals surface area contributed by atoms with Crippen molar-refractivity contribution in [1.82, 2.24) is 15.2 Å². The molecule has 1 saturated heterocycles. The summed E-state index contributed by atoms with van der Waals surface area (Å²) < 4.78 is 10.9. The van der Waals surface area contributed by atoms with Crippen LogP contribution < -0.4 is 14.8 Å². The number of nitrogens with zero attached hydrogens (tertiary/aromatic N) is 2. The number of ether oxygens (including phenoxy) is 2. The third-order valence-electron chi connectivity index (χ3n) is 5.14. The minimum atomic E-state index is -0.490. The summed E-state index contributed by atoms with van der Waals surface area (Å²) in [6.07, 6.45) is 4.33. The number of hydrogen-bond donors (Lipinski definition) is 1. The molecule has 1 aliphatic heterocycles. The van der Waals surface area contributed by atoms with E-state index in [0.717, 1.165) is 11.1 Å². The van der Waals surface area contributed by atoms with Gasteiger partial charge in [0.15, 0.2) is 11.5 Å². The fourth-order valence-electron chi connectivity index (χ4n) is 3.69. The number of methoxy groups -OCH3 is 2. The minimum Gasteiger partial charge on any atom is -0.493 e. The molecule has 0 saturated carbocycles. The molecule has 2 atom stereocenters. The van der Waals surface area contributed by atoms with Crippen LogP contribution in [0, 0.1) is 5.92 Å². The van der Waals surface area contributed by atoms with Gasteiger partial charge in [0.1, 0.15) is 0 Å². The Hall–Kier alpha value is -3.09. The summed E-state index contributed by atoms with van der Waals surface area (Å²) in [6, 6.07) is 8.94. The Labute approximate surface area is 164 Å². The highest BCUT2D eigenvalue weighted by Crippen LogP contribution is 2.44. The van der Waals surface area contributed by atoms with Crippen LogP contribution in [-0.2, 0) is 16.0 Å². The van der Waals surface area contributed by atoms with Crippen LogP contribution in [0.2, 0.25) is 0 Å². The summed E-state index contributed by atoms with van der Waals surface area (Å²) in [7, 11) is 4.84. The predicted octanol–water partition coefficient (Wildman–Crippen LogP) is 1.98. The van der Waals surface area contributed by atoms with E-state index in [2.05, 4.69) is 10.3 Å². The fourth-order valence-corrected chi connectivity index (χ4v) is 3.69. The van der Waals surface area contributed by atoms with Crippen molar-refractivity contribution in [3.63, 3.8) is 0 Å². The molecule has 0 bridgehead atoms. The van der Waals surface area contributed by atoms with Crippen LogP contribution in [0.25, 0.3) is 0 Å². The quantitative estimate of drug-likeness (QED) is 0.791. The lowest BCUT2D eigenvalue weighted by atomic mass is 9.92. The van der Waals surface area contributed by atoms with Crippen LogP contribution in [0.4, 0.5) is 0 Å². The average Bonchev–Trinajstić information content (AvgIpc) is 3.02. The van der Waals surface area contributed by atoms with Crippen molar-refractivity contribution in [2.45, 2.75) is 18.9 Å². The number of pyridine rings is 1. The van der Waals surface area contributed by atoms with E-state index in [1.807, 2.05) is 24.3 Å². The molecule has 0 spiro atoms. The molecule has 1 aliphatic rings. The lowest BCUT2D eigenvalue weighted by Gasteiger charge is -2.27. The van der Waals surface area contributed by atoms with Gasteiger partial charge in [-0.15, -0.1) is 0 Å². The summed E-state index contributed by atoms with van der Waals surface area (Å²) in [5.74, 6) is 0.428. The van der Waals surface area contributed by atoms with Crippen LogP contribution in [0.5, 0.6) is 11.5 Å². The standard InChI is InChI=1S/C21H25N3O4/c1-24-18(25)13-16(21(26)23-12-9-14-7-10-22-11-8-14)19(24)15-5-4-6-17(27-2)20(15)28-3/h4-8,10-11,16,19H,9,12-13H2,1-3H3,(H,23,26)/t16-,19+/m1/s1. The molecule has 3 rings (SSSR count). The molecule has 0 radical (unpaired) electrons. The van der Waals surface area contributed by atoms with Crippen molar-refractivity contribution in [2.75, 3.05) is 27.8 Å². The second-order valence-electron chi connectivity index (χ2n) is 6.74. The second kappa shape index (κ2) is 8.73. The number of para-hydroxylation sites is 1. The lowest BCUT2D eigenvalue weighted by Crippen LogP contribution is -2.35. The smallest absolute Gasteiger partial charge is 0.226 e. The molecule has 1 N–H and O–H groups in total. The zero-order valence-corrected chi connectivity index (χ0v) is 16.3. The Kier molecular flexibility index (Phi) is 6.13. The maximum absolute atomic E-state index is 12.9. The normalized spacial score (nSPS) is 18.8. The van der Waals surface area contributed by atoms with Crippen LogP contribution in [0.15, 0.2) is 42.7 Å². The van der Waals surface area contributed by atoms with Crippen LogP contribution in [-0.4, -0.2) is 49.5 Å². The number of benzene rings is 1. The van der Waals surface area contributed by atoms with Crippen molar-refractivity contribution in [3.8, 4) is 11.5 Å². The van der Waals surface area contributed by atoms with Crippen molar-refractivity contribution in [1.29, 1.82) is 0 Å². The minimum absolute atomic E-state index is 0.0656. The molecule has 7 nitrogen and oxygen atoms in total. The molecule has 0 aliphatic carbocycles. The first-order chi connectivity index (χ1) is 13.6. The molecule has 1 aromatic carbocycles. The first kappa shape index (κ1) is 19.7. The van der Waals surface area contributed by atoms with Crippen LogP contribution in [0.3, 0.4) is 0 Å². The van der Waals surface area contributed by atoms with E-state index in [0.29, 0.717) is 24.5 Å². The molecule has 1 aromatic heterocycles. The Balaban J connectivity index is 1.78. The zero-order chi connectivity index (χ0) is 20.1. The summed E-state index contributed by atoms with van der Waals surface area (Å²) in [5, 5.41) is 2.97. The molecule has 2 amide bonds. The van der Waals surface area contributed by atoms with Crippen molar-refractivity contribution in [2.24, 2.45) is 5.92 Å². The Morgan fingerprint density at radius 3 is 2.64 bits per heavy atom. The number of aromatic nitrogens is 1. The van der Waals surface area contributed by atoms with E-state index in [-0.39, 0.29) is 18.2 Å². The second-order valence-corrected chi connectivity index (χ2v) is 6.74. The topological polar surface area (TPSA) is 80.8 Å². The number of rotatable bonds is 7. The van der Waals surface area contributed by atoms with Crippen molar-refractivity contribution >= 4 is 11.8 Å². The number of nitrogens with one attached hydrogen (secondary N) is 1. The van der Waals surface area contributed by atoms with Crippen LogP contribution >= 0.6 is 0 Å². The van der Waals surface area contributed by atoms with Gasteiger partial charge in [0, 0.05) is 38.0 Å². The van der Waals surface area contributed by atoms with Crippen molar-refractivity contribution < 1.29 is 19.1 Å². The first-order valence-corrected chi connectivity index (χ1v) is 9.20. The van der Waals surface area contributed by atoms with Gasteiger partial charge in [-0.05, 0) is 30.2 Å². The van der Waals surface area contributed by atoms with E-state index in [1.54, 1.807) is 44.6 Å². The van der Waals surface area contributed by atoms with Gasteiger partial charge in [-0.3, -0.25) is 14.6 Å². The molecule has 2 heterocycles. The molecular weight excluding hydrogens is 358 g/mol. The molecule has 148 valence electrons. The van der Waals surface area contributed by atoms with E-state index < -0.39 is 12.0 Å². The number of hydrogen-bond acceptors (Lipinski definition) is 5. The van der Waals surface area contributed by atoms with Gasteiger partial charge in [-0.1, -0.05) is 12.1 Å². The van der Waals surface area contributed by atoms with Crippen LogP contribution in [0.1, 0.15) is 23.6 Å². The molecule has 0 unspecified atom stereocenters. The maximum Gasteiger partial charge on any atom is 0.226 e. The molecular formula is C21H25N3O4. The van der Waals surface area contributed by atoms with Gasteiger partial charge in [0.2, 0.25) is 11.8 Å². The zero-order valence-electron chi connectivity index (χ0n) is 16.3. The van der Waals surface area contributed by atoms with Gasteiger partial charge in [0.05, 0.1) is 26.2 Å². The van der Waals surface area contributed by atoms with E-state index in [9.17, 15) is 9.59 Å². The van der Waals surface area contributed by atoms with E-state index in [4.69, 9.17) is 9.47 Å². The van der Waals surface area contributed by atoms with Gasteiger partial charge < -0.3 is 19.7 Å². The average molecular weight is 383 g/mol. The SMILES string of the molecule is COc1cccc([C@H]2[C@H](C(=O)NCCc3ccncc3)CC(=O)N2C)c1OC. The van der Waals surface area contributed by atoms with Gasteiger partial charge in [0.25, 0.3) is 0 Å². The first-order valence-electron chi connectivity index (χ1n) is 9.20. The monoisotopic (exact) mass is 383 g/mol. The van der Waals surface area contributed by atoms with Gasteiger partial charge in [-0.25, -0.2) is 0 Å². The third kappa shape index (κ3) is 3.93. The van der Waals surface area contributed by atoms with E-state index in [1.165, 1.54) is 0 Å². The number of likely N-dealkylation sites (tertiary alicyclic amines) is 1. The Bertz CT molecular complexity index is 841.